The molecule has 1 saturated heterocycles. The van der Waals surface area contributed by atoms with Gasteiger partial charge in [-0.15, -0.1) is 0 Å². The van der Waals surface area contributed by atoms with E-state index in [4.69, 9.17) is 0 Å². The van der Waals surface area contributed by atoms with Gasteiger partial charge in [-0.25, -0.2) is 0 Å². The highest BCUT2D eigenvalue weighted by molar-refractivity contribution is 5.76. The van der Waals surface area contributed by atoms with E-state index >= 15 is 0 Å². The monoisotopic (exact) mass is 226 g/mol. The SMILES string of the molecule is CCCCC(=O)N1CCN(C(C)(C)C)CC1. The third kappa shape index (κ3) is 3.78. The molecule has 3 nitrogen and oxygen atoms in total. The van der Waals surface area contributed by atoms with Gasteiger partial charge in [-0.1, -0.05) is 13.3 Å². The Kier molecular flexibility index (Phi) is 4.78. The highest BCUT2D eigenvalue weighted by Crippen LogP contribution is 2.16. The minimum absolute atomic E-state index is 0.235. The maximum absolute atomic E-state index is 11.8. The standard InChI is InChI=1S/C13H26N2O/c1-5-6-7-12(16)14-8-10-15(11-9-14)13(2,3)4/h5-11H2,1-4H3. The molecule has 0 N–H and O–H groups in total. The molecule has 0 aromatic rings. The maximum Gasteiger partial charge on any atom is 0.222 e. The zero-order chi connectivity index (χ0) is 12.2. The van der Waals surface area contributed by atoms with E-state index in [-0.39, 0.29) is 5.54 Å². The first-order chi connectivity index (χ1) is 7.45. The Morgan fingerprint density at radius 2 is 1.69 bits per heavy atom. The molecule has 3 heteroatoms. The summed E-state index contributed by atoms with van der Waals surface area (Å²) in [7, 11) is 0. The Bertz CT molecular complexity index is 225. The lowest BCUT2D eigenvalue weighted by atomic mass is 10.0. The van der Waals surface area contributed by atoms with Crippen LogP contribution in [0.25, 0.3) is 0 Å². The van der Waals surface area contributed by atoms with E-state index in [1.807, 2.05) is 4.90 Å². The molecule has 0 spiro atoms. The van der Waals surface area contributed by atoms with Crippen LogP contribution in [0.4, 0.5) is 0 Å². The predicted molar refractivity (Wildman–Crippen MR) is 67.4 cm³/mol. The van der Waals surface area contributed by atoms with Gasteiger partial charge in [0, 0.05) is 38.1 Å². The summed E-state index contributed by atoms with van der Waals surface area (Å²) < 4.78 is 0. The minimum atomic E-state index is 0.235. The van der Waals surface area contributed by atoms with Crippen LogP contribution >= 0.6 is 0 Å². The molecule has 1 aliphatic rings. The zero-order valence-electron chi connectivity index (χ0n) is 11.3. The quantitative estimate of drug-likeness (QED) is 0.736. The third-order valence-electron chi connectivity index (χ3n) is 3.33. The molecule has 0 saturated carbocycles. The Morgan fingerprint density at radius 1 is 1.12 bits per heavy atom. The van der Waals surface area contributed by atoms with Crippen LogP contribution in [-0.4, -0.2) is 47.4 Å². The molecule has 1 amide bonds. The molecule has 1 aliphatic heterocycles. The number of unbranched alkanes of at least 4 members (excludes halogenated alkanes) is 1. The smallest absolute Gasteiger partial charge is 0.222 e. The van der Waals surface area contributed by atoms with Gasteiger partial charge in [0.2, 0.25) is 5.91 Å². The zero-order valence-corrected chi connectivity index (χ0v) is 11.3. The van der Waals surface area contributed by atoms with Gasteiger partial charge < -0.3 is 4.90 Å². The lowest BCUT2D eigenvalue weighted by Gasteiger charge is -2.42. The van der Waals surface area contributed by atoms with Crippen LogP contribution in [0.3, 0.4) is 0 Å². The van der Waals surface area contributed by atoms with Gasteiger partial charge in [-0.05, 0) is 27.2 Å². The summed E-state index contributed by atoms with van der Waals surface area (Å²) >= 11 is 0. The van der Waals surface area contributed by atoms with E-state index in [1.54, 1.807) is 0 Å². The molecule has 1 rings (SSSR count). The molecule has 1 fully saturated rings. The average molecular weight is 226 g/mol. The van der Waals surface area contributed by atoms with E-state index < -0.39 is 0 Å². The Morgan fingerprint density at radius 3 is 2.12 bits per heavy atom. The lowest BCUT2D eigenvalue weighted by Crippen LogP contribution is -2.54. The average Bonchev–Trinajstić information content (AvgIpc) is 2.25. The molecule has 0 radical (unpaired) electrons. The van der Waals surface area contributed by atoms with Crippen LogP contribution in [0.5, 0.6) is 0 Å². The van der Waals surface area contributed by atoms with Crippen molar-refractivity contribution in [1.29, 1.82) is 0 Å². The van der Waals surface area contributed by atoms with E-state index in [9.17, 15) is 4.79 Å². The maximum atomic E-state index is 11.8. The summed E-state index contributed by atoms with van der Waals surface area (Å²) in [6.45, 7) is 12.7. The summed E-state index contributed by atoms with van der Waals surface area (Å²) in [5.41, 5.74) is 0.235. The van der Waals surface area contributed by atoms with Gasteiger partial charge in [-0.2, -0.15) is 0 Å². The van der Waals surface area contributed by atoms with E-state index in [2.05, 4.69) is 32.6 Å². The number of piperazine rings is 1. The van der Waals surface area contributed by atoms with Gasteiger partial charge >= 0.3 is 0 Å². The number of amides is 1. The highest BCUT2D eigenvalue weighted by atomic mass is 16.2. The fourth-order valence-corrected chi connectivity index (χ4v) is 2.11. The Hall–Kier alpha value is -0.570. The Labute approximate surface area is 99.8 Å². The molecule has 94 valence electrons. The van der Waals surface area contributed by atoms with Crippen LogP contribution in [0, 0.1) is 0 Å². The van der Waals surface area contributed by atoms with Crippen molar-refractivity contribution in [2.75, 3.05) is 26.2 Å². The summed E-state index contributed by atoms with van der Waals surface area (Å²) in [6.07, 6.45) is 2.86. The molecular formula is C13H26N2O. The van der Waals surface area contributed by atoms with E-state index in [1.165, 1.54) is 0 Å². The molecule has 0 aliphatic carbocycles. The van der Waals surface area contributed by atoms with Crippen molar-refractivity contribution < 1.29 is 4.79 Å². The predicted octanol–water partition coefficient (Wildman–Crippen LogP) is 2.12. The van der Waals surface area contributed by atoms with Gasteiger partial charge in [0.05, 0.1) is 0 Å². The van der Waals surface area contributed by atoms with Crippen molar-refractivity contribution in [3.63, 3.8) is 0 Å². The molecule has 16 heavy (non-hydrogen) atoms. The summed E-state index contributed by atoms with van der Waals surface area (Å²) in [5, 5.41) is 0. The number of nitrogens with zero attached hydrogens (tertiary/aromatic N) is 2. The van der Waals surface area contributed by atoms with E-state index in [0.717, 1.165) is 45.4 Å². The summed E-state index contributed by atoms with van der Waals surface area (Å²) in [4.78, 5) is 16.3. The second kappa shape index (κ2) is 5.67. The molecule has 0 atom stereocenters. The normalized spacial score (nSPS) is 18.9. The van der Waals surface area contributed by atoms with Crippen molar-refractivity contribution in [3.8, 4) is 0 Å². The summed E-state index contributed by atoms with van der Waals surface area (Å²) in [6, 6.07) is 0. The molecule has 0 bridgehead atoms. The molecule has 1 heterocycles. The van der Waals surface area contributed by atoms with Crippen LogP contribution in [0.15, 0.2) is 0 Å². The van der Waals surface area contributed by atoms with Crippen molar-refractivity contribution in [2.45, 2.75) is 52.5 Å². The van der Waals surface area contributed by atoms with Gasteiger partial charge in [0.1, 0.15) is 0 Å². The summed E-state index contributed by atoms with van der Waals surface area (Å²) in [5.74, 6) is 0.343. The van der Waals surface area contributed by atoms with Gasteiger partial charge in [-0.3, -0.25) is 9.69 Å². The van der Waals surface area contributed by atoms with Crippen molar-refractivity contribution in [3.05, 3.63) is 0 Å². The number of rotatable bonds is 3. The lowest BCUT2D eigenvalue weighted by molar-refractivity contribution is -0.133. The minimum Gasteiger partial charge on any atom is -0.340 e. The molecule has 0 aromatic carbocycles. The largest absolute Gasteiger partial charge is 0.340 e. The first kappa shape index (κ1) is 13.5. The van der Waals surface area contributed by atoms with Gasteiger partial charge in [0.25, 0.3) is 0 Å². The van der Waals surface area contributed by atoms with Gasteiger partial charge in [0.15, 0.2) is 0 Å². The van der Waals surface area contributed by atoms with Crippen LogP contribution in [0.2, 0.25) is 0 Å². The van der Waals surface area contributed by atoms with Crippen LogP contribution < -0.4 is 0 Å². The van der Waals surface area contributed by atoms with Crippen molar-refractivity contribution >= 4 is 5.91 Å². The number of hydrogen-bond acceptors (Lipinski definition) is 2. The topological polar surface area (TPSA) is 23.6 Å². The number of carbonyl (C=O) groups excluding carboxylic acids is 1. The molecule has 0 aromatic heterocycles. The first-order valence-corrected chi connectivity index (χ1v) is 6.48. The van der Waals surface area contributed by atoms with E-state index in [0.29, 0.717) is 5.91 Å². The van der Waals surface area contributed by atoms with Crippen molar-refractivity contribution in [2.24, 2.45) is 0 Å². The fourth-order valence-electron chi connectivity index (χ4n) is 2.11. The molecular weight excluding hydrogens is 200 g/mol. The second-order valence-corrected chi connectivity index (χ2v) is 5.64. The number of hydrogen-bond donors (Lipinski definition) is 0. The number of carbonyl (C=O) groups is 1. The molecule has 0 unspecified atom stereocenters. The van der Waals surface area contributed by atoms with Crippen LogP contribution in [0.1, 0.15) is 47.0 Å². The van der Waals surface area contributed by atoms with Crippen LogP contribution in [-0.2, 0) is 4.79 Å². The fraction of sp³-hybridized carbons (Fsp3) is 0.923. The highest BCUT2D eigenvalue weighted by Gasteiger charge is 2.27. The van der Waals surface area contributed by atoms with Crippen molar-refractivity contribution in [1.82, 2.24) is 9.80 Å². The third-order valence-corrected chi connectivity index (χ3v) is 3.33. The first-order valence-electron chi connectivity index (χ1n) is 6.48. The second-order valence-electron chi connectivity index (χ2n) is 5.64. The Balaban J connectivity index is 2.34.